The van der Waals surface area contributed by atoms with Gasteiger partial charge in [-0.2, -0.15) is 9.40 Å². The summed E-state index contributed by atoms with van der Waals surface area (Å²) in [6.45, 7) is -0.0413. The normalized spacial score (nSPS) is 14.2. The lowest BCUT2D eigenvalue weighted by atomic mass is 10.1. The van der Waals surface area contributed by atoms with Crippen LogP contribution in [-0.4, -0.2) is 45.0 Å². The van der Waals surface area contributed by atoms with Crippen molar-refractivity contribution >= 4 is 37.6 Å². The molecule has 31 heavy (non-hydrogen) atoms. The first-order valence-electron chi connectivity index (χ1n) is 9.03. The molecule has 0 aliphatic carbocycles. The molecule has 3 aromatic rings. The Balaban J connectivity index is 1.71. The van der Waals surface area contributed by atoms with E-state index in [1.807, 2.05) is 0 Å². The number of aromatic nitrogens is 2. The van der Waals surface area contributed by atoms with Gasteiger partial charge in [0.15, 0.2) is 5.69 Å². The number of halogens is 1. The van der Waals surface area contributed by atoms with Gasteiger partial charge in [-0.15, -0.1) is 0 Å². The summed E-state index contributed by atoms with van der Waals surface area (Å²) in [7, 11) is -3.98. The number of hydrogen-bond donors (Lipinski definition) is 1. The van der Waals surface area contributed by atoms with Crippen molar-refractivity contribution in [1.29, 1.82) is 0 Å². The minimum absolute atomic E-state index is 0.0984. The fourth-order valence-corrected chi connectivity index (χ4v) is 5.13. The number of carbonyl (C=O) groups is 1. The largest absolute Gasteiger partial charge is 0.476 e. The van der Waals surface area contributed by atoms with E-state index in [0.717, 1.165) is 20.9 Å². The number of carboxylic acids is 1. The number of hydrogen-bond acceptors (Lipinski definition) is 6. The predicted octanol–water partition coefficient (Wildman–Crippen LogP) is 2.99. The molecule has 12 heteroatoms. The molecule has 0 atom stereocenters. The van der Waals surface area contributed by atoms with Crippen molar-refractivity contribution in [3.63, 3.8) is 0 Å². The molecule has 0 bridgehead atoms. The second-order valence-electron chi connectivity index (χ2n) is 6.81. The monoisotopic (exact) mass is 506 g/mol. The average molecular weight is 507 g/mol. The maximum atomic E-state index is 13.0. The number of sulfonamides is 1. The molecule has 10 nitrogen and oxygen atoms in total. The number of rotatable bonds is 5. The summed E-state index contributed by atoms with van der Waals surface area (Å²) in [6, 6.07) is 11.8. The van der Waals surface area contributed by atoms with E-state index < -0.39 is 20.9 Å². The second kappa shape index (κ2) is 7.87. The van der Waals surface area contributed by atoms with Gasteiger partial charge in [-0.1, -0.05) is 15.9 Å². The molecule has 1 N–H and O–H groups in total. The summed E-state index contributed by atoms with van der Waals surface area (Å²) in [5.41, 5.74) is 1.20. The van der Waals surface area contributed by atoms with E-state index in [-0.39, 0.29) is 35.8 Å². The van der Waals surface area contributed by atoms with Crippen LogP contribution in [0.3, 0.4) is 0 Å². The Morgan fingerprint density at radius 3 is 2.35 bits per heavy atom. The minimum atomic E-state index is -3.98. The van der Waals surface area contributed by atoms with Crippen molar-refractivity contribution in [3.8, 4) is 5.69 Å². The number of nitrogens with zero attached hydrogens (tertiary/aromatic N) is 4. The molecule has 160 valence electrons. The molecule has 1 aromatic heterocycles. The highest BCUT2D eigenvalue weighted by molar-refractivity contribution is 9.10. The van der Waals surface area contributed by atoms with Gasteiger partial charge in [0, 0.05) is 41.7 Å². The number of benzene rings is 2. The summed E-state index contributed by atoms with van der Waals surface area (Å²) in [6.07, 6.45) is 0.262. The quantitative estimate of drug-likeness (QED) is 0.414. The smallest absolute Gasteiger partial charge is 0.356 e. The van der Waals surface area contributed by atoms with Crippen LogP contribution in [0.5, 0.6) is 0 Å². The van der Waals surface area contributed by atoms with Gasteiger partial charge >= 0.3 is 5.97 Å². The van der Waals surface area contributed by atoms with Gasteiger partial charge in [-0.05, 0) is 36.4 Å². The summed E-state index contributed by atoms with van der Waals surface area (Å²) in [5, 5.41) is 24.7. The third-order valence-corrected chi connectivity index (χ3v) is 7.37. The Morgan fingerprint density at radius 1 is 1.13 bits per heavy atom. The molecule has 0 spiro atoms. The van der Waals surface area contributed by atoms with Crippen LogP contribution >= 0.6 is 15.9 Å². The zero-order chi connectivity index (χ0) is 22.3. The molecule has 1 aliphatic rings. The molecule has 2 aromatic carbocycles. The van der Waals surface area contributed by atoms with Gasteiger partial charge in [0.1, 0.15) is 0 Å². The third-order valence-electron chi connectivity index (χ3n) is 4.98. The number of aromatic carboxylic acids is 1. The Labute approximate surface area is 185 Å². The van der Waals surface area contributed by atoms with Gasteiger partial charge in [0.2, 0.25) is 10.0 Å². The van der Waals surface area contributed by atoms with E-state index in [1.165, 1.54) is 16.8 Å². The molecule has 2 heterocycles. The lowest BCUT2D eigenvalue weighted by Crippen LogP contribution is -2.36. The predicted molar refractivity (Wildman–Crippen MR) is 113 cm³/mol. The van der Waals surface area contributed by atoms with Crippen molar-refractivity contribution in [2.24, 2.45) is 0 Å². The zero-order valence-electron chi connectivity index (χ0n) is 15.8. The first-order chi connectivity index (χ1) is 14.7. The molecule has 0 amide bonds. The van der Waals surface area contributed by atoms with Crippen LogP contribution in [0.4, 0.5) is 5.69 Å². The molecule has 0 radical (unpaired) electrons. The summed E-state index contributed by atoms with van der Waals surface area (Å²) in [4.78, 5) is 21.9. The topological polar surface area (TPSA) is 136 Å². The lowest BCUT2D eigenvalue weighted by Gasteiger charge is -2.27. The molecule has 4 rings (SSSR count). The SMILES string of the molecule is O=C(O)c1nn(-c2ccc(Br)cc2)c2c1CN(S(=O)(=O)c1ccc([N+](=O)[O-])cc1)CC2. The lowest BCUT2D eigenvalue weighted by molar-refractivity contribution is -0.384. The maximum absolute atomic E-state index is 13.0. The van der Waals surface area contributed by atoms with Crippen LogP contribution in [0.15, 0.2) is 57.9 Å². The first kappa shape index (κ1) is 21.2. The maximum Gasteiger partial charge on any atom is 0.356 e. The van der Waals surface area contributed by atoms with Crippen molar-refractivity contribution in [2.45, 2.75) is 17.9 Å². The van der Waals surface area contributed by atoms with Gasteiger partial charge in [0.25, 0.3) is 5.69 Å². The highest BCUT2D eigenvalue weighted by Crippen LogP contribution is 2.30. The summed E-state index contributed by atoms with van der Waals surface area (Å²) in [5.74, 6) is -1.25. The van der Waals surface area contributed by atoms with E-state index in [9.17, 15) is 28.4 Å². The van der Waals surface area contributed by atoms with Crippen molar-refractivity contribution < 1.29 is 23.2 Å². The van der Waals surface area contributed by atoms with E-state index in [1.54, 1.807) is 24.3 Å². The fourth-order valence-electron chi connectivity index (χ4n) is 3.46. The highest BCUT2D eigenvalue weighted by atomic mass is 79.9. The van der Waals surface area contributed by atoms with Gasteiger partial charge in [-0.3, -0.25) is 10.1 Å². The Hall–Kier alpha value is -3.09. The van der Waals surface area contributed by atoms with E-state index in [2.05, 4.69) is 21.0 Å². The Bertz CT molecular complexity index is 1290. The number of carboxylic acid groups (broad SMARTS) is 1. The molecule has 1 aliphatic heterocycles. The molecule has 0 saturated heterocycles. The number of fused-ring (bicyclic) bond motifs is 1. The first-order valence-corrected chi connectivity index (χ1v) is 11.3. The number of non-ortho nitro benzene ring substituents is 1. The molecular weight excluding hydrogens is 492 g/mol. The van der Waals surface area contributed by atoms with Crippen LogP contribution in [-0.2, 0) is 23.0 Å². The van der Waals surface area contributed by atoms with Crippen molar-refractivity contribution in [3.05, 3.63) is 80.1 Å². The number of nitro benzene ring substituents is 1. The van der Waals surface area contributed by atoms with Gasteiger partial charge < -0.3 is 5.11 Å². The van der Waals surface area contributed by atoms with Crippen LogP contribution in [0, 0.1) is 10.1 Å². The Kier molecular flexibility index (Phi) is 5.37. The average Bonchev–Trinajstić information content (AvgIpc) is 3.13. The molecule has 0 fully saturated rings. The van der Waals surface area contributed by atoms with Crippen LogP contribution in [0.25, 0.3) is 5.69 Å². The van der Waals surface area contributed by atoms with Gasteiger partial charge in [-0.25, -0.2) is 17.9 Å². The van der Waals surface area contributed by atoms with Crippen LogP contribution in [0.1, 0.15) is 21.7 Å². The summed E-state index contributed by atoms with van der Waals surface area (Å²) >= 11 is 3.35. The second-order valence-corrected chi connectivity index (χ2v) is 9.66. The third kappa shape index (κ3) is 3.84. The molecular formula is C19H15BrN4O6S. The molecule has 0 unspecified atom stereocenters. The van der Waals surface area contributed by atoms with Gasteiger partial charge in [0.05, 0.1) is 21.2 Å². The van der Waals surface area contributed by atoms with E-state index in [0.29, 0.717) is 16.9 Å². The molecule has 0 saturated carbocycles. The zero-order valence-corrected chi connectivity index (χ0v) is 18.2. The minimum Gasteiger partial charge on any atom is -0.476 e. The highest BCUT2D eigenvalue weighted by Gasteiger charge is 2.34. The van der Waals surface area contributed by atoms with E-state index >= 15 is 0 Å². The van der Waals surface area contributed by atoms with Crippen LogP contribution in [0.2, 0.25) is 0 Å². The van der Waals surface area contributed by atoms with Crippen LogP contribution < -0.4 is 0 Å². The summed E-state index contributed by atoms with van der Waals surface area (Å²) < 4.78 is 29.6. The van der Waals surface area contributed by atoms with Crippen molar-refractivity contribution in [1.82, 2.24) is 14.1 Å². The number of nitro groups is 1. The standard InChI is InChI=1S/C19H15BrN4O6S/c20-12-1-3-13(4-2-12)23-17-9-10-22(11-16(17)18(21-23)19(25)26)31(29,30)15-7-5-14(6-8-15)24(27)28/h1-8H,9-11H2,(H,25,26). The fraction of sp³-hybridized carbons (Fsp3) is 0.158. The Morgan fingerprint density at radius 2 is 1.77 bits per heavy atom. The van der Waals surface area contributed by atoms with E-state index in [4.69, 9.17) is 0 Å². The van der Waals surface area contributed by atoms with Crippen molar-refractivity contribution in [2.75, 3.05) is 6.54 Å².